The second-order valence-corrected chi connectivity index (χ2v) is 3.63. The van der Waals surface area contributed by atoms with Crippen LogP contribution in [0.25, 0.3) is 0 Å². The molecule has 1 aromatic rings. The van der Waals surface area contributed by atoms with Gasteiger partial charge in [0, 0.05) is 18.0 Å². The highest BCUT2D eigenvalue weighted by Gasteiger charge is 2.12. The van der Waals surface area contributed by atoms with Gasteiger partial charge in [-0.3, -0.25) is 0 Å². The Hall–Kier alpha value is -1.35. The lowest BCUT2D eigenvalue weighted by atomic mass is 9.98. The number of quaternary nitrogens is 1. The summed E-state index contributed by atoms with van der Waals surface area (Å²) in [6, 6.07) is 5.71. The first kappa shape index (κ1) is 10.7. The first-order chi connectivity index (χ1) is 6.50. The Morgan fingerprint density at radius 3 is 2.64 bits per heavy atom. The van der Waals surface area contributed by atoms with E-state index in [2.05, 4.69) is 5.73 Å². The Balaban J connectivity index is 2.90. The van der Waals surface area contributed by atoms with Gasteiger partial charge >= 0.3 is 0 Å². The van der Waals surface area contributed by atoms with Gasteiger partial charge in [0.2, 0.25) is 0 Å². The molecule has 0 saturated heterocycles. The molecular weight excluding hydrogens is 178 g/mol. The quantitative estimate of drug-likeness (QED) is 0.717. The molecular formula is C11H15NO2. The molecule has 0 aliphatic carbocycles. The summed E-state index contributed by atoms with van der Waals surface area (Å²) in [4.78, 5) is 10.4. The van der Waals surface area contributed by atoms with Crippen molar-refractivity contribution in [2.45, 2.75) is 26.3 Å². The van der Waals surface area contributed by atoms with Crippen LogP contribution in [0.2, 0.25) is 0 Å². The predicted octanol–water partition coefficient (Wildman–Crippen LogP) is -0.274. The lowest BCUT2D eigenvalue weighted by Gasteiger charge is -2.12. The molecule has 0 unspecified atom stereocenters. The zero-order chi connectivity index (χ0) is 10.7. The van der Waals surface area contributed by atoms with E-state index in [9.17, 15) is 9.90 Å². The smallest absolute Gasteiger partial charge is 0.115 e. The van der Waals surface area contributed by atoms with E-state index in [1.165, 1.54) is 5.56 Å². The number of carboxylic acid groups (broad SMARTS) is 1. The average molecular weight is 193 g/mol. The van der Waals surface area contributed by atoms with Crippen LogP contribution in [0.4, 0.5) is 0 Å². The zero-order valence-electron chi connectivity index (χ0n) is 8.54. The average Bonchev–Trinajstić information content (AvgIpc) is 2.01. The molecule has 0 bridgehead atoms. The van der Waals surface area contributed by atoms with Gasteiger partial charge in [0.15, 0.2) is 0 Å². The third kappa shape index (κ3) is 2.57. The highest BCUT2D eigenvalue weighted by Crippen LogP contribution is 2.17. The molecule has 3 heteroatoms. The van der Waals surface area contributed by atoms with Crippen molar-refractivity contribution >= 4 is 5.97 Å². The van der Waals surface area contributed by atoms with E-state index in [1.807, 2.05) is 32.0 Å². The molecule has 0 fully saturated rings. The van der Waals surface area contributed by atoms with Crippen molar-refractivity contribution < 1.29 is 15.6 Å². The second kappa shape index (κ2) is 4.24. The molecule has 3 N–H and O–H groups in total. The van der Waals surface area contributed by atoms with Crippen LogP contribution in [0.5, 0.6) is 0 Å². The lowest BCUT2D eigenvalue weighted by Crippen LogP contribution is -2.55. The Labute approximate surface area is 83.6 Å². The normalized spacial score (nSPS) is 12.5. The van der Waals surface area contributed by atoms with Crippen LogP contribution in [-0.2, 0) is 4.79 Å². The lowest BCUT2D eigenvalue weighted by molar-refractivity contribution is -0.430. The van der Waals surface area contributed by atoms with Gasteiger partial charge in [-0.25, -0.2) is 0 Å². The van der Waals surface area contributed by atoms with Crippen molar-refractivity contribution in [3.8, 4) is 0 Å². The van der Waals surface area contributed by atoms with Crippen LogP contribution in [0.15, 0.2) is 18.2 Å². The number of hydrogen-bond acceptors (Lipinski definition) is 2. The molecule has 1 rings (SSSR count). The number of aryl methyl sites for hydroxylation is 2. The first-order valence-electron chi connectivity index (χ1n) is 4.61. The molecule has 0 amide bonds. The number of hydrogen-bond donors (Lipinski definition) is 1. The van der Waals surface area contributed by atoms with Crippen LogP contribution in [0.3, 0.4) is 0 Å². The minimum Gasteiger partial charge on any atom is -0.550 e. The molecule has 0 saturated carbocycles. The molecule has 14 heavy (non-hydrogen) atoms. The molecule has 76 valence electrons. The van der Waals surface area contributed by atoms with Crippen molar-refractivity contribution in [3.05, 3.63) is 34.9 Å². The minimum atomic E-state index is -1.05. The minimum absolute atomic E-state index is 0.0239. The Bertz CT molecular complexity index is 347. The van der Waals surface area contributed by atoms with Crippen LogP contribution in [0.1, 0.15) is 29.2 Å². The Morgan fingerprint density at radius 2 is 2.14 bits per heavy atom. The van der Waals surface area contributed by atoms with Gasteiger partial charge in [-0.2, -0.15) is 0 Å². The summed E-state index contributed by atoms with van der Waals surface area (Å²) >= 11 is 0. The predicted molar refractivity (Wildman–Crippen MR) is 51.2 cm³/mol. The standard InChI is InChI=1S/C11H15NO2/c1-7-3-4-9(8(2)5-7)10(12)6-11(13)14/h3-5,10H,6,12H2,1-2H3,(H,13,14)/t10-/m1/s1. The number of rotatable bonds is 3. The molecule has 0 aliphatic rings. The topological polar surface area (TPSA) is 67.8 Å². The number of carbonyl (C=O) groups is 1. The fraction of sp³-hybridized carbons (Fsp3) is 0.364. The maximum Gasteiger partial charge on any atom is 0.115 e. The van der Waals surface area contributed by atoms with Crippen molar-refractivity contribution in [1.29, 1.82) is 0 Å². The highest BCUT2D eigenvalue weighted by atomic mass is 16.4. The highest BCUT2D eigenvalue weighted by molar-refractivity contribution is 5.65. The van der Waals surface area contributed by atoms with Crippen LogP contribution in [0, 0.1) is 13.8 Å². The SMILES string of the molecule is Cc1ccc([C@H]([NH3+])CC(=O)[O-])c(C)c1. The van der Waals surface area contributed by atoms with Crippen LogP contribution in [-0.4, -0.2) is 5.97 Å². The van der Waals surface area contributed by atoms with Crippen LogP contribution < -0.4 is 10.8 Å². The Morgan fingerprint density at radius 1 is 1.50 bits per heavy atom. The molecule has 1 atom stereocenters. The second-order valence-electron chi connectivity index (χ2n) is 3.63. The summed E-state index contributed by atoms with van der Waals surface area (Å²) in [6.07, 6.45) is -0.0239. The van der Waals surface area contributed by atoms with E-state index in [0.717, 1.165) is 11.1 Å². The van der Waals surface area contributed by atoms with Gasteiger partial charge in [0.25, 0.3) is 0 Å². The van der Waals surface area contributed by atoms with Gasteiger partial charge in [-0.05, 0) is 19.4 Å². The number of carbonyl (C=O) groups excluding carboxylic acids is 1. The monoisotopic (exact) mass is 193 g/mol. The van der Waals surface area contributed by atoms with Gasteiger partial charge in [-0.15, -0.1) is 0 Å². The maximum atomic E-state index is 10.4. The van der Waals surface area contributed by atoms with Gasteiger partial charge in [0.1, 0.15) is 6.04 Å². The fourth-order valence-electron chi connectivity index (χ4n) is 1.59. The van der Waals surface area contributed by atoms with Gasteiger partial charge < -0.3 is 15.6 Å². The van der Waals surface area contributed by atoms with Crippen LogP contribution >= 0.6 is 0 Å². The van der Waals surface area contributed by atoms with E-state index in [-0.39, 0.29) is 12.5 Å². The Kier molecular flexibility index (Phi) is 3.25. The summed E-state index contributed by atoms with van der Waals surface area (Å²) < 4.78 is 0. The summed E-state index contributed by atoms with van der Waals surface area (Å²) in [7, 11) is 0. The molecule has 0 aromatic heterocycles. The van der Waals surface area contributed by atoms with Crippen molar-refractivity contribution in [1.82, 2.24) is 0 Å². The number of carboxylic acids is 1. The summed E-state index contributed by atoms with van der Waals surface area (Å²) in [6.45, 7) is 3.98. The third-order valence-corrected chi connectivity index (χ3v) is 2.28. The summed E-state index contributed by atoms with van der Waals surface area (Å²) in [5, 5.41) is 10.4. The molecule has 0 spiro atoms. The third-order valence-electron chi connectivity index (χ3n) is 2.28. The zero-order valence-corrected chi connectivity index (χ0v) is 8.54. The summed E-state index contributed by atoms with van der Waals surface area (Å²) in [5.41, 5.74) is 7.07. The van der Waals surface area contributed by atoms with E-state index >= 15 is 0 Å². The van der Waals surface area contributed by atoms with Crippen molar-refractivity contribution in [2.24, 2.45) is 0 Å². The van der Waals surface area contributed by atoms with Gasteiger partial charge in [0.05, 0.1) is 0 Å². The van der Waals surface area contributed by atoms with E-state index < -0.39 is 5.97 Å². The molecule has 0 radical (unpaired) electrons. The number of aliphatic carboxylic acids is 1. The first-order valence-corrected chi connectivity index (χ1v) is 4.61. The van der Waals surface area contributed by atoms with Gasteiger partial charge in [-0.1, -0.05) is 23.8 Å². The molecule has 0 heterocycles. The summed E-state index contributed by atoms with van der Waals surface area (Å²) in [5.74, 6) is -1.05. The largest absolute Gasteiger partial charge is 0.550 e. The van der Waals surface area contributed by atoms with E-state index in [1.54, 1.807) is 0 Å². The maximum absolute atomic E-state index is 10.4. The van der Waals surface area contributed by atoms with Crippen molar-refractivity contribution in [3.63, 3.8) is 0 Å². The molecule has 3 nitrogen and oxygen atoms in total. The fourth-order valence-corrected chi connectivity index (χ4v) is 1.59. The molecule has 0 aliphatic heterocycles. The number of benzene rings is 1. The van der Waals surface area contributed by atoms with Crippen molar-refractivity contribution in [2.75, 3.05) is 0 Å². The van der Waals surface area contributed by atoms with E-state index in [0.29, 0.717) is 0 Å². The molecule has 1 aromatic carbocycles. The van der Waals surface area contributed by atoms with E-state index in [4.69, 9.17) is 0 Å².